The zero-order chi connectivity index (χ0) is 15.2. The molecule has 1 N–H and O–H groups in total. The van der Waals surface area contributed by atoms with Crippen LogP contribution >= 0.6 is 0 Å². The number of imidazole rings is 1. The van der Waals surface area contributed by atoms with Gasteiger partial charge in [0.1, 0.15) is 25.5 Å². The van der Waals surface area contributed by atoms with Crippen LogP contribution in [-0.2, 0) is 24.3 Å². The van der Waals surface area contributed by atoms with Crippen LogP contribution in [0.1, 0.15) is 31.7 Å². The Bertz CT molecular complexity index is 590. The third kappa shape index (κ3) is 3.94. The fraction of sp³-hybridized carbons (Fsp3) is 0.412. The quantitative estimate of drug-likeness (QED) is 0.795. The highest BCUT2D eigenvalue weighted by molar-refractivity contribution is 5.69. The van der Waals surface area contributed by atoms with E-state index in [0.29, 0.717) is 6.54 Å². The highest BCUT2D eigenvalue weighted by Crippen LogP contribution is 2.07. The molecule has 0 aliphatic heterocycles. The molecule has 0 fully saturated rings. The molecule has 0 spiro atoms. The van der Waals surface area contributed by atoms with Crippen molar-refractivity contribution in [1.29, 1.82) is 0 Å². The number of carbonyl (C=O) groups is 1. The molecule has 0 radical (unpaired) electrons. The zero-order valence-electron chi connectivity index (χ0n) is 12.7. The predicted octanol–water partition coefficient (Wildman–Crippen LogP) is 2.50. The standard InChI is InChI=1S/C17H22N2O2/c1-3-7-16-18(12-14(2)17(20)21)10-11-19(16)13-15-8-5-4-6-9-15/h4-6,8-11,14H,3,7,12-13H2,1-2H3/p+1. The third-order valence-corrected chi connectivity index (χ3v) is 3.65. The van der Waals surface area contributed by atoms with Crippen LogP contribution in [0.2, 0.25) is 0 Å². The Kier molecular flexibility index (Phi) is 5.14. The molecule has 21 heavy (non-hydrogen) atoms. The number of aliphatic carboxylic acids is 1. The molecule has 4 heteroatoms. The largest absolute Gasteiger partial charge is 0.481 e. The average molecular weight is 287 g/mol. The number of hydrogen-bond acceptors (Lipinski definition) is 1. The van der Waals surface area contributed by atoms with Crippen molar-refractivity contribution in [3.63, 3.8) is 0 Å². The summed E-state index contributed by atoms with van der Waals surface area (Å²) < 4.78 is 4.29. The molecule has 0 aliphatic rings. The minimum Gasteiger partial charge on any atom is -0.481 e. The van der Waals surface area contributed by atoms with E-state index in [4.69, 9.17) is 5.11 Å². The molecule has 2 aromatic rings. The second-order valence-electron chi connectivity index (χ2n) is 5.47. The molecule has 0 bridgehead atoms. The monoisotopic (exact) mass is 287 g/mol. The fourth-order valence-electron chi connectivity index (χ4n) is 2.47. The molecule has 1 heterocycles. The minimum absolute atomic E-state index is 0.377. The molecular formula is C17H23N2O2+. The number of benzene rings is 1. The molecule has 2 rings (SSSR count). The van der Waals surface area contributed by atoms with Crippen molar-refractivity contribution >= 4 is 5.97 Å². The first-order valence-electron chi connectivity index (χ1n) is 7.46. The highest BCUT2D eigenvalue weighted by Gasteiger charge is 2.21. The maximum atomic E-state index is 11.1. The van der Waals surface area contributed by atoms with Gasteiger partial charge in [0.25, 0.3) is 5.82 Å². The van der Waals surface area contributed by atoms with Crippen LogP contribution < -0.4 is 4.57 Å². The highest BCUT2D eigenvalue weighted by atomic mass is 16.4. The Morgan fingerprint density at radius 1 is 1.33 bits per heavy atom. The van der Waals surface area contributed by atoms with Crippen LogP contribution in [0.15, 0.2) is 42.7 Å². The van der Waals surface area contributed by atoms with Crippen molar-refractivity contribution in [2.24, 2.45) is 5.92 Å². The Morgan fingerprint density at radius 3 is 2.67 bits per heavy atom. The van der Waals surface area contributed by atoms with E-state index in [2.05, 4.69) is 28.2 Å². The lowest BCUT2D eigenvalue weighted by Gasteiger charge is -2.07. The maximum Gasteiger partial charge on any atom is 0.310 e. The predicted molar refractivity (Wildman–Crippen MR) is 81.0 cm³/mol. The lowest BCUT2D eigenvalue weighted by Crippen LogP contribution is -2.38. The topological polar surface area (TPSA) is 46.1 Å². The van der Waals surface area contributed by atoms with Gasteiger partial charge in [-0.1, -0.05) is 37.3 Å². The maximum absolute atomic E-state index is 11.1. The summed E-state index contributed by atoms with van der Waals surface area (Å²) in [5.41, 5.74) is 1.25. The molecule has 1 atom stereocenters. The molecular weight excluding hydrogens is 264 g/mol. The molecule has 112 valence electrons. The van der Waals surface area contributed by atoms with Gasteiger partial charge in [0, 0.05) is 6.42 Å². The van der Waals surface area contributed by atoms with Gasteiger partial charge in [-0.2, -0.15) is 0 Å². The van der Waals surface area contributed by atoms with Gasteiger partial charge in [-0.05, 0) is 18.9 Å². The van der Waals surface area contributed by atoms with Gasteiger partial charge in [0.2, 0.25) is 0 Å². The van der Waals surface area contributed by atoms with Crippen LogP contribution in [0.3, 0.4) is 0 Å². The van der Waals surface area contributed by atoms with Crippen LogP contribution in [0.25, 0.3) is 0 Å². The number of hydrogen-bond donors (Lipinski definition) is 1. The van der Waals surface area contributed by atoms with Crippen LogP contribution in [0.4, 0.5) is 0 Å². The Labute approximate surface area is 125 Å². The first-order chi connectivity index (χ1) is 10.1. The van der Waals surface area contributed by atoms with E-state index < -0.39 is 5.97 Å². The summed E-state index contributed by atoms with van der Waals surface area (Å²) in [4.78, 5) is 11.1. The van der Waals surface area contributed by atoms with E-state index in [0.717, 1.165) is 19.4 Å². The van der Waals surface area contributed by atoms with Gasteiger partial charge < -0.3 is 5.11 Å². The normalized spacial score (nSPS) is 12.3. The van der Waals surface area contributed by atoms with Gasteiger partial charge in [-0.3, -0.25) is 4.79 Å². The van der Waals surface area contributed by atoms with Crippen molar-refractivity contribution in [3.8, 4) is 0 Å². The Morgan fingerprint density at radius 2 is 2.05 bits per heavy atom. The zero-order valence-corrected chi connectivity index (χ0v) is 12.7. The van der Waals surface area contributed by atoms with Crippen molar-refractivity contribution in [2.45, 2.75) is 39.8 Å². The third-order valence-electron chi connectivity index (χ3n) is 3.65. The summed E-state index contributed by atoms with van der Waals surface area (Å²) in [6.07, 6.45) is 6.03. The lowest BCUT2D eigenvalue weighted by atomic mass is 10.2. The molecule has 4 nitrogen and oxygen atoms in total. The second-order valence-corrected chi connectivity index (χ2v) is 5.47. The number of carboxylic acids is 1. The molecule has 1 unspecified atom stereocenters. The summed E-state index contributed by atoms with van der Waals surface area (Å²) >= 11 is 0. The van der Waals surface area contributed by atoms with E-state index in [-0.39, 0.29) is 5.92 Å². The van der Waals surface area contributed by atoms with E-state index in [9.17, 15) is 4.79 Å². The van der Waals surface area contributed by atoms with E-state index in [1.165, 1.54) is 11.4 Å². The van der Waals surface area contributed by atoms with Crippen LogP contribution in [0.5, 0.6) is 0 Å². The summed E-state index contributed by atoms with van der Waals surface area (Å²) in [5.74, 6) is 0.0633. The SMILES string of the molecule is CCCc1n(CC(C)C(=O)O)cc[n+]1Cc1ccccc1. The van der Waals surface area contributed by atoms with Crippen molar-refractivity contribution < 1.29 is 14.5 Å². The Balaban J connectivity index is 2.22. The van der Waals surface area contributed by atoms with Crippen LogP contribution in [0, 0.1) is 5.92 Å². The van der Waals surface area contributed by atoms with Gasteiger partial charge in [0.15, 0.2) is 0 Å². The van der Waals surface area contributed by atoms with E-state index in [1.54, 1.807) is 6.92 Å². The number of rotatable bonds is 7. The summed E-state index contributed by atoms with van der Waals surface area (Å²) in [6.45, 7) is 5.24. The summed E-state index contributed by atoms with van der Waals surface area (Å²) in [7, 11) is 0. The molecule has 1 aromatic carbocycles. The lowest BCUT2D eigenvalue weighted by molar-refractivity contribution is -0.695. The van der Waals surface area contributed by atoms with Crippen molar-refractivity contribution in [2.75, 3.05) is 0 Å². The summed E-state index contributed by atoms with van der Waals surface area (Å²) in [5, 5.41) is 9.09. The molecule has 0 aliphatic carbocycles. The molecule has 1 aromatic heterocycles. The van der Waals surface area contributed by atoms with Gasteiger partial charge in [-0.15, -0.1) is 0 Å². The first-order valence-corrected chi connectivity index (χ1v) is 7.46. The van der Waals surface area contributed by atoms with E-state index >= 15 is 0 Å². The molecule has 0 saturated carbocycles. The fourth-order valence-corrected chi connectivity index (χ4v) is 2.47. The minimum atomic E-state index is -0.749. The van der Waals surface area contributed by atoms with Gasteiger partial charge in [-0.25, -0.2) is 9.13 Å². The molecule has 0 amide bonds. The average Bonchev–Trinajstić information content (AvgIpc) is 2.83. The smallest absolute Gasteiger partial charge is 0.310 e. The number of nitrogens with zero attached hydrogens (tertiary/aromatic N) is 2. The van der Waals surface area contributed by atoms with Crippen molar-refractivity contribution in [1.82, 2.24) is 4.57 Å². The summed E-state index contributed by atoms with van der Waals surface area (Å²) in [6, 6.07) is 10.3. The number of carboxylic acid groups (broad SMARTS) is 1. The van der Waals surface area contributed by atoms with Crippen LogP contribution in [-0.4, -0.2) is 15.6 Å². The first kappa shape index (κ1) is 15.3. The van der Waals surface area contributed by atoms with E-state index in [1.807, 2.05) is 30.6 Å². The second kappa shape index (κ2) is 7.07. The van der Waals surface area contributed by atoms with Gasteiger partial charge in [0.05, 0.1) is 5.92 Å². The van der Waals surface area contributed by atoms with Gasteiger partial charge >= 0.3 is 5.97 Å². The van der Waals surface area contributed by atoms with Crippen molar-refractivity contribution in [3.05, 3.63) is 54.1 Å². The Hall–Kier alpha value is -2.10. The number of aromatic nitrogens is 2. The molecule has 0 saturated heterocycles.